The van der Waals surface area contributed by atoms with E-state index >= 15 is 0 Å². The summed E-state index contributed by atoms with van der Waals surface area (Å²) >= 11 is 0. The minimum absolute atomic E-state index is 1.24. The molecule has 0 atom stereocenters. The molecule has 17 heavy (non-hydrogen) atoms. The van der Waals surface area contributed by atoms with Gasteiger partial charge in [-0.2, -0.15) is 0 Å². The summed E-state index contributed by atoms with van der Waals surface area (Å²) in [6.07, 6.45) is 2.64. The van der Waals surface area contributed by atoms with Gasteiger partial charge in [-0.25, -0.2) is 0 Å². The van der Waals surface area contributed by atoms with E-state index in [2.05, 4.69) is 47.4 Å². The summed E-state index contributed by atoms with van der Waals surface area (Å²) in [6, 6.07) is 5.13. The molecule has 0 heterocycles. The Kier molecular flexibility index (Phi) is 7.45. The maximum Gasteiger partial charge on any atom is 0.0656 e. The van der Waals surface area contributed by atoms with Crippen LogP contribution in [0.5, 0.6) is 0 Å². The van der Waals surface area contributed by atoms with E-state index in [1.54, 1.807) is 0 Å². The summed E-state index contributed by atoms with van der Waals surface area (Å²) in [4.78, 5) is 0. The second-order valence-electron chi connectivity index (χ2n) is 6.01. The van der Waals surface area contributed by atoms with Gasteiger partial charge in [0.2, 0.25) is 0 Å². The fourth-order valence-corrected chi connectivity index (χ4v) is 8.77. The van der Waals surface area contributed by atoms with Gasteiger partial charge in [-0.05, 0) is 38.9 Å². The van der Waals surface area contributed by atoms with E-state index < -0.39 is 8.07 Å². The Bertz CT molecular complexity index is 245. The van der Waals surface area contributed by atoms with Crippen molar-refractivity contribution in [2.45, 2.75) is 64.7 Å². The number of hydrogen-bond acceptors (Lipinski definition) is 0. The summed E-state index contributed by atoms with van der Waals surface area (Å²) in [7, 11) is -1.30. The first-order chi connectivity index (χ1) is 7.81. The third-order valence-corrected chi connectivity index (χ3v) is 8.57. The average molecular weight is 251 g/mol. The fourth-order valence-electron chi connectivity index (χ4n) is 2.92. The normalized spacial score (nSPS) is 11.3. The van der Waals surface area contributed by atoms with Crippen LogP contribution >= 0.6 is 0 Å². The maximum absolute atomic E-state index is 4.14. The van der Waals surface area contributed by atoms with Crippen LogP contribution in [-0.4, -0.2) is 8.07 Å². The van der Waals surface area contributed by atoms with Crippen molar-refractivity contribution < 1.29 is 0 Å². The van der Waals surface area contributed by atoms with Crippen LogP contribution in [0.3, 0.4) is 0 Å². The van der Waals surface area contributed by atoms with E-state index in [1.807, 2.05) is 0 Å². The van der Waals surface area contributed by atoms with Crippen molar-refractivity contribution >= 4 is 8.07 Å². The number of unbranched alkanes of at least 4 members (excludes halogenated alkanes) is 1. The van der Waals surface area contributed by atoms with Crippen LogP contribution in [0.25, 0.3) is 0 Å². The zero-order valence-corrected chi connectivity index (χ0v) is 13.4. The fraction of sp³-hybridized carbons (Fsp3) is 0.625. The molecule has 0 unspecified atom stereocenters. The number of allylic oxidation sites excluding steroid dienone is 3. The molecular formula is C16H30Si. The third-order valence-electron chi connectivity index (χ3n) is 3.09. The zero-order chi connectivity index (χ0) is 13.5. The van der Waals surface area contributed by atoms with Gasteiger partial charge < -0.3 is 0 Å². The Hall–Kier alpha value is -0.563. The van der Waals surface area contributed by atoms with Crippen molar-refractivity contribution in [1.82, 2.24) is 0 Å². The van der Waals surface area contributed by atoms with Gasteiger partial charge >= 0.3 is 0 Å². The standard InChI is InChI=1S/C16H30Si/c1-8-9-10-17(11-14(2)3,12-15(4)5)13-16(6)7/h2,4,6,8-13H2,1,3,5,7H3. The van der Waals surface area contributed by atoms with Crippen LogP contribution in [0.2, 0.25) is 24.2 Å². The van der Waals surface area contributed by atoms with E-state index in [-0.39, 0.29) is 0 Å². The molecule has 0 nitrogen and oxygen atoms in total. The van der Waals surface area contributed by atoms with Crippen LogP contribution in [-0.2, 0) is 0 Å². The molecular weight excluding hydrogens is 220 g/mol. The molecule has 0 bridgehead atoms. The minimum Gasteiger partial charge on any atom is -0.100 e. The highest BCUT2D eigenvalue weighted by Crippen LogP contribution is 2.35. The lowest BCUT2D eigenvalue weighted by molar-refractivity contribution is 0.856. The molecule has 98 valence electrons. The molecule has 0 rings (SSSR count). The average Bonchev–Trinajstić information content (AvgIpc) is 2.11. The largest absolute Gasteiger partial charge is 0.100 e. The lowest BCUT2D eigenvalue weighted by Crippen LogP contribution is -2.34. The Balaban J connectivity index is 4.95. The third kappa shape index (κ3) is 7.38. The van der Waals surface area contributed by atoms with Crippen molar-refractivity contribution in [3.05, 3.63) is 36.5 Å². The highest BCUT2D eigenvalue weighted by Gasteiger charge is 2.31. The maximum atomic E-state index is 4.14. The molecule has 0 amide bonds. The van der Waals surface area contributed by atoms with Crippen LogP contribution in [0.1, 0.15) is 40.5 Å². The Labute approximate surface area is 110 Å². The molecule has 0 saturated carbocycles. The highest BCUT2D eigenvalue weighted by atomic mass is 28.3. The summed E-state index contributed by atoms with van der Waals surface area (Å²) in [5, 5.41) is 0. The smallest absolute Gasteiger partial charge is 0.0656 e. The van der Waals surface area contributed by atoms with Gasteiger partial charge in [0.15, 0.2) is 0 Å². The second kappa shape index (κ2) is 7.70. The van der Waals surface area contributed by atoms with E-state index in [4.69, 9.17) is 0 Å². The number of rotatable bonds is 9. The predicted molar refractivity (Wildman–Crippen MR) is 84.3 cm³/mol. The summed E-state index contributed by atoms with van der Waals surface area (Å²) in [6.45, 7) is 21.2. The Morgan fingerprint density at radius 1 is 0.824 bits per heavy atom. The molecule has 0 N–H and O–H groups in total. The second-order valence-corrected chi connectivity index (χ2v) is 10.6. The molecule has 0 aliphatic rings. The van der Waals surface area contributed by atoms with Crippen molar-refractivity contribution in [2.24, 2.45) is 0 Å². The predicted octanol–water partition coefficient (Wildman–Crippen LogP) is 5.96. The van der Waals surface area contributed by atoms with Crippen LogP contribution in [0.4, 0.5) is 0 Å². The van der Waals surface area contributed by atoms with E-state index in [1.165, 1.54) is 53.7 Å². The zero-order valence-electron chi connectivity index (χ0n) is 12.4. The van der Waals surface area contributed by atoms with Gasteiger partial charge in [0.1, 0.15) is 0 Å². The monoisotopic (exact) mass is 250 g/mol. The molecule has 0 aliphatic heterocycles. The van der Waals surface area contributed by atoms with Crippen LogP contribution in [0.15, 0.2) is 36.5 Å². The van der Waals surface area contributed by atoms with Crippen molar-refractivity contribution in [2.75, 3.05) is 0 Å². The van der Waals surface area contributed by atoms with Crippen molar-refractivity contribution in [3.63, 3.8) is 0 Å². The van der Waals surface area contributed by atoms with E-state index in [0.717, 1.165) is 0 Å². The van der Waals surface area contributed by atoms with Gasteiger partial charge in [0, 0.05) is 0 Å². The molecule has 0 aliphatic carbocycles. The van der Waals surface area contributed by atoms with Crippen molar-refractivity contribution in [1.29, 1.82) is 0 Å². The van der Waals surface area contributed by atoms with Gasteiger partial charge in [-0.3, -0.25) is 0 Å². The van der Waals surface area contributed by atoms with Crippen molar-refractivity contribution in [3.8, 4) is 0 Å². The quantitative estimate of drug-likeness (QED) is 0.350. The van der Waals surface area contributed by atoms with Gasteiger partial charge in [0.25, 0.3) is 0 Å². The SMILES string of the molecule is C=C(C)C[Si](CCCC)(CC(=C)C)CC(=C)C. The minimum atomic E-state index is -1.30. The van der Waals surface area contributed by atoms with E-state index in [0.29, 0.717) is 0 Å². The van der Waals surface area contributed by atoms with E-state index in [9.17, 15) is 0 Å². The summed E-state index contributed by atoms with van der Waals surface area (Å²) in [5.41, 5.74) is 4.03. The molecule has 0 aromatic carbocycles. The molecule has 0 radical (unpaired) electrons. The topological polar surface area (TPSA) is 0 Å². The first kappa shape index (κ1) is 16.4. The lowest BCUT2D eigenvalue weighted by atomic mass is 10.4. The molecule has 0 spiro atoms. The van der Waals surface area contributed by atoms with Crippen LogP contribution < -0.4 is 0 Å². The Morgan fingerprint density at radius 2 is 1.18 bits per heavy atom. The first-order valence-corrected chi connectivity index (χ1v) is 9.57. The Morgan fingerprint density at radius 3 is 1.41 bits per heavy atom. The van der Waals surface area contributed by atoms with Gasteiger partial charge in [0.05, 0.1) is 8.07 Å². The lowest BCUT2D eigenvalue weighted by Gasteiger charge is -2.33. The first-order valence-electron chi connectivity index (χ1n) is 6.74. The summed E-state index contributed by atoms with van der Waals surface area (Å²) < 4.78 is 0. The molecule has 0 aromatic heterocycles. The van der Waals surface area contributed by atoms with Crippen LogP contribution in [0, 0.1) is 0 Å². The van der Waals surface area contributed by atoms with Gasteiger partial charge in [-0.15, -0.1) is 19.7 Å². The molecule has 1 heteroatoms. The highest BCUT2D eigenvalue weighted by molar-refractivity contribution is 6.81. The molecule has 0 fully saturated rings. The number of hydrogen-bond donors (Lipinski definition) is 0. The summed E-state index contributed by atoms with van der Waals surface area (Å²) in [5.74, 6) is 0. The molecule has 0 aromatic rings. The van der Waals surface area contributed by atoms with Gasteiger partial charge in [-0.1, -0.05) is 42.5 Å². The molecule has 0 saturated heterocycles.